The van der Waals surface area contributed by atoms with Gasteiger partial charge in [-0.2, -0.15) is 0 Å². The summed E-state index contributed by atoms with van der Waals surface area (Å²) in [4.78, 5) is 12.7. The molecule has 0 saturated carbocycles. The van der Waals surface area contributed by atoms with Gasteiger partial charge in [0.2, 0.25) is 0 Å². The highest BCUT2D eigenvalue weighted by Crippen LogP contribution is 2.32. The molecule has 8 heteroatoms. The second kappa shape index (κ2) is 8.96. The van der Waals surface area contributed by atoms with Gasteiger partial charge in [-0.05, 0) is 54.6 Å². The molecule has 1 aliphatic rings. The standard InChI is InChI=1S/C25H19FN4O3/c26-18-5-1-3-16(13-18)21-8-10-24(30-29-21)27-19-6-2-4-17(14-19)25(31)28-20-7-9-22-23(15-20)33-12-11-32-22/h1-10,13-15H,11-12H2,(H,27,30)(H,28,31). The van der Waals surface area contributed by atoms with Gasteiger partial charge < -0.3 is 20.1 Å². The first-order valence-corrected chi connectivity index (χ1v) is 10.3. The number of carbonyl (C=O) groups excluding carboxylic acids is 1. The quantitative estimate of drug-likeness (QED) is 0.450. The maximum Gasteiger partial charge on any atom is 0.255 e. The summed E-state index contributed by atoms with van der Waals surface area (Å²) in [6.07, 6.45) is 0. The fourth-order valence-corrected chi connectivity index (χ4v) is 3.41. The minimum atomic E-state index is -0.331. The Bertz CT molecular complexity index is 1310. The third-order valence-corrected chi connectivity index (χ3v) is 4.98. The van der Waals surface area contributed by atoms with Crippen molar-refractivity contribution in [3.63, 3.8) is 0 Å². The Morgan fingerprint density at radius 3 is 2.48 bits per heavy atom. The van der Waals surface area contributed by atoms with Crippen LogP contribution in [-0.4, -0.2) is 29.3 Å². The summed E-state index contributed by atoms with van der Waals surface area (Å²) in [6.45, 7) is 0.987. The lowest BCUT2D eigenvalue weighted by Gasteiger charge is -2.19. The van der Waals surface area contributed by atoms with Gasteiger partial charge in [-0.1, -0.05) is 18.2 Å². The molecule has 0 atom stereocenters. The summed E-state index contributed by atoms with van der Waals surface area (Å²) < 4.78 is 24.5. The van der Waals surface area contributed by atoms with Crippen molar-refractivity contribution in [2.45, 2.75) is 0 Å². The molecule has 4 aromatic rings. The van der Waals surface area contributed by atoms with Crippen LogP contribution < -0.4 is 20.1 Å². The first-order valence-electron chi connectivity index (χ1n) is 10.3. The van der Waals surface area contributed by atoms with E-state index in [1.807, 2.05) is 6.07 Å². The summed E-state index contributed by atoms with van der Waals surface area (Å²) in [6, 6.07) is 22.0. The van der Waals surface area contributed by atoms with E-state index in [1.54, 1.807) is 60.7 Å². The van der Waals surface area contributed by atoms with Crippen molar-refractivity contribution in [2.24, 2.45) is 0 Å². The summed E-state index contributed by atoms with van der Waals surface area (Å²) in [5.74, 6) is 1.18. The maximum atomic E-state index is 13.4. The van der Waals surface area contributed by atoms with E-state index in [4.69, 9.17) is 9.47 Å². The van der Waals surface area contributed by atoms with Gasteiger partial charge in [0.1, 0.15) is 19.0 Å². The van der Waals surface area contributed by atoms with E-state index in [2.05, 4.69) is 20.8 Å². The Balaban J connectivity index is 1.27. The Morgan fingerprint density at radius 2 is 1.67 bits per heavy atom. The van der Waals surface area contributed by atoms with Crippen LogP contribution in [0.1, 0.15) is 10.4 Å². The van der Waals surface area contributed by atoms with Crippen molar-refractivity contribution in [2.75, 3.05) is 23.8 Å². The molecule has 0 spiro atoms. The first-order chi connectivity index (χ1) is 16.1. The van der Waals surface area contributed by atoms with Crippen LogP contribution >= 0.6 is 0 Å². The molecular weight excluding hydrogens is 423 g/mol. The van der Waals surface area contributed by atoms with Gasteiger partial charge in [0, 0.05) is 28.6 Å². The van der Waals surface area contributed by atoms with Crippen LogP contribution in [0.15, 0.2) is 78.9 Å². The Labute approximate surface area is 189 Å². The Kier molecular flexibility index (Phi) is 5.55. The highest BCUT2D eigenvalue weighted by atomic mass is 19.1. The number of nitrogens with one attached hydrogen (secondary N) is 2. The van der Waals surface area contributed by atoms with Crippen molar-refractivity contribution in [3.05, 3.63) is 90.2 Å². The normalized spacial score (nSPS) is 12.2. The number of halogens is 1. The molecule has 3 aromatic carbocycles. The number of amides is 1. The summed E-state index contributed by atoms with van der Waals surface area (Å²) in [5.41, 5.74) is 2.97. The number of fused-ring (bicyclic) bond motifs is 1. The van der Waals surface area contributed by atoms with E-state index in [-0.39, 0.29) is 11.7 Å². The number of aromatic nitrogens is 2. The fraction of sp³-hybridized carbons (Fsp3) is 0.0800. The molecule has 164 valence electrons. The van der Waals surface area contributed by atoms with Crippen LogP contribution in [0.3, 0.4) is 0 Å². The van der Waals surface area contributed by atoms with E-state index in [0.29, 0.717) is 58.7 Å². The second-order valence-electron chi connectivity index (χ2n) is 7.33. The molecule has 0 fully saturated rings. The van der Waals surface area contributed by atoms with Crippen molar-refractivity contribution in [1.29, 1.82) is 0 Å². The molecular formula is C25H19FN4O3. The third-order valence-electron chi connectivity index (χ3n) is 4.98. The summed E-state index contributed by atoms with van der Waals surface area (Å²) in [7, 11) is 0. The van der Waals surface area contributed by atoms with E-state index in [1.165, 1.54) is 12.1 Å². The van der Waals surface area contributed by atoms with Gasteiger partial charge in [-0.25, -0.2) is 4.39 Å². The molecule has 5 rings (SSSR count). The van der Waals surface area contributed by atoms with Crippen molar-refractivity contribution >= 4 is 23.1 Å². The van der Waals surface area contributed by atoms with Crippen LogP contribution in [0.4, 0.5) is 21.6 Å². The van der Waals surface area contributed by atoms with Gasteiger partial charge in [0.15, 0.2) is 17.3 Å². The van der Waals surface area contributed by atoms with Crippen molar-refractivity contribution in [1.82, 2.24) is 10.2 Å². The predicted octanol–water partition coefficient (Wildman–Crippen LogP) is 5.05. The average Bonchev–Trinajstić information content (AvgIpc) is 2.84. The van der Waals surface area contributed by atoms with Crippen LogP contribution in [0.25, 0.3) is 11.3 Å². The van der Waals surface area contributed by atoms with Crippen LogP contribution in [0.5, 0.6) is 11.5 Å². The number of nitrogens with zero attached hydrogens (tertiary/aromatic N) is 2. The Hall–Kier alpha value is -4.46. The van der Waals surface area contributed by atoms with Gasteiger partial charge in [0.05, 0.1) is 5.69 Å². The molecule has 1 aromatic heterocycles. The molecule has 0 aliphatic carbocycles. The first kappa shape index (κ1) is 20.4. The number of benzene rings is 3. The van der Waals surface area contributed by atoms with E-state index >= 15 is 0 Å². The van der Waals surface area contributed by atoms with E-state index in [9.17, 15) is 9.18 Å². The van der Waals surface area contributed by atoms with Gasteiger partial charge in [-0.15, -0.1) is 10.2 Å². The molecule has 1 aliphatic heterocycles. The number of hydrogen-bond donors (Lipinski definition) is 2. The number of carbonyl (C=O) groups is 1. The molecule has 0 saturated heterocycles. The van der Waals surface area contributed by atoms with Crippen LogP contribution in [0, 0.1) is 5.82 Å². The molecule has 7 nitrogen and oxygen atoms in total. The zero-order chi connectivity index (χ0) is 22.6. The highest BCUT2D eigenvalue weighted by molar-refractivity contribution is 6.05. The predicted molar refractivity (Wildman–Crippen MR) is 123 cm³/mol. The monoisotopic (exact) mass is 442 g/mol. The number of ether oxygens (including phenoxy) is 2. The SMILES string of the molecule is O=C(Nc1ccc2c(c1)OCCO2)c1cccc(Nc2ccc(-c3cccc(F)c3)nn2)c1. The Morgan fingerprint density at radius 1 is 0.818 bits per heavy atom. The fourth-order valence-electron chi connectivity index (χ4n) is 3.41. The summed E-state index contributed by atoms with van der Waals surface area (Å²) in [5, 5.41) is 14.3. The molecule has 2 N–H and O–H groups in total. The smallest absolute Gasteiger partial charge is 0.255 e. The zero-order valence-electron chi connectivity index (χ0n) is 17.4. The largest absolute Gasteiger partial charge is 0.486 e. The third kappa shape index (κ3) is 4.74. The molecule has 2 heterocycles. The van der Waals surface area contributed by atoms with Crippen LogP contribution in [0.2, 0.25) is 0 Å². The number of anilines is 3. The lowest BCUT2D eigenvalue weighted by molar-refractivity contribution is 0.102. The lowest BCUT2D eigenvalue weighted by atomic mass is 10.1. The number of hydrogen-bond acceptors (Lipinski definition) is 6. The molecule has 0 bridgehead atoms. The van der Waals surface area contributed by atoms with Gasteiger partial charge in [-0.3, -0.25) is 4.79 Å². The van der Waals surface area contributed by atoms with Crippen molar-refractivity contribution < 1.29 is 18.7 Å². The van der Waals surface area contributed by atoms with Crippen LogP contribution in [-0.2, 0) is 0 Å². The van der Waals surface area contributed by atoms with Gasteiger partial charge >= 0.3 is 0 Å². The minimum Gasteiger partial charge on any atom is -0.486 e. The lowest BCUT2D eigenvalue weighted by Crippen LogP contribution is -2.16. The number of rotatable bonds is 5. The molecule has 33 heavy (non-hydrogen) atoms. The van der Waals surface area contributed by atoms with Crippen molar-refractivity contribution in [3.8, 4) is 22.8 Å². The maximum absolute atomic E-state index is 13.4. The second-order valence-corrected chi connectivity index (χ2v) is 7.33. The molecule has 1 amide bonds. The van der Waals surface area contributed by atoms with Gasteiger partial charge in [0.25, 0.3) is 5.91 Å². The topological polar surface area (TPSA) is 85.4 Å². The van der Waals surface area contributed by atoms with E-state index < -0.39 is 0 Å². The van der Waals surface area contributed by atoms with E-state index in [0.717, 1.165) is 0 Å². The average molecular weight is 442 g/mol. The highest BCUT2D eigenvalue weighted by Gasteiger charge is 2.14. The minimum absolute atomic E-state index is 0.261. The summed E-state index contributed by atoms with van der Waals surface area (Å²) >= 11 is 0. The molecule has 0 unspecified atom stereocenters. The zero-order valence-corrected chi connectivity index (χ0v) is 17.4. The molecule has 0 radical (unpaired) electrons.